The molecule has 0 spiro atoms. The molecule has 4 aliphatic rings. The molecule has 4 rings (SSSR count). The number of hydrogen-bond donors (Lipinski definition) is 1. The van der Waals surface area contributed by atoms with Gasteiger partial charge in [-0.05, 0) is 88.3 Å². The molecule has 4 aliphatic carbocycles. The van der Waals surface area contributed by atoms with E-state index in [0.717, 1.165) is 0 Å². The first-order valence-corrected chi connectivity index (χ1v) is 13.2. The van der Waals surface area contributed by atoms with Crippen molar-refractivity contribution >= 4 is 28.6 Å². The Morgan fingerprint density at radius 2 is 1.91 bits per heavy atom. The molecule has 194 valence electrons. The number of fused-ring (bicyclic) bond motifs is 5. The van der Waals surface area contributed by atoms with Gasteiger partial charge in [-0.25, -0.2) is 13.2 Å². The van der Waals surface area contributed by atoms with Crippen LogP contribution in [0, 0.1) is 28.6 Å². The lowest BCUT2D eigenvalue weighted by molar-refractivity contribution is -0.199. The van der Waals surface area contributed by atoms with Gasteiger partial charge in [0.1, 0.15) is 17.8 Å². The van der Waals surface area contributed by atoms with Gasteiger partial charge in [0.25, 0.3) is 0 Å². The van der Waals surface area contributed by atoms with E-state index in [4.69, 9.17) is 4.74 Å². The minimum Gasteiger partial charge on any atom is -0.449 e. The summed E-state index contributed by atoms with van der Waals surface area (Å²) in [5.41, 5.74) is -5.74. The van der Waals surface area contributed by atoms with Gasteiger partial charge in [0.05, 0.1) is 12.0 Å². The Labute approximate surface area is 207 Å². The number of aliphatic hydroxyl groups excluding tert-OH is 1. The number of allylic oxidation sites excluding steroid dienone is 4. The Morgan fingerprint density at radius 1 is 1.23 bits per heavy atom. The van der Waals surface area contributed by atoms with E-state index in [0.29, 0.717) is 18.2 Å². The van der Waals surface area contributed by atoms with E-state index in [9.17, 15) is 23.9 Å². The van der Waals surface area contributed by atoms with E-state index in [1.807, 2.05) is 0 Å². The molecule has 0 amide bonds. The molecule has 3 fully saturated rings. The molecule has 0 saturated heterocycles. The molecular weight excluding hydrogens is 481 g/mol. The summed E-state index contributed by atoms with van der Waals surface area (Å²) >= 11 is 0.420. The molecule has 35 heavy (non-hydrogen) atoms. The van der Waals surface area contributed by atoms with Gasteiger partial charge in [-0.3, -0.25) is 14.4 Å². The van der Waals surface area contributed by atoms with Crippen LogP contribution in [0.4, 0.5) is 13.2 Å². The lowest BCUT2D eigenvalue weighted by atomic mass is 9.45. The first-order valence-electron chi connectivity index (χ1n) is 12.2. The lowest BCUT2D eigenvalue weighted by Crippen LogP contribution is -2.65. The number of halogens is 3. The average Bonchev–Trinajstić information content (AvgIpc) is 3.09. The van der Waals surface area contributed by atoms with Crippen molar-refractivity contribution in [3.05, 3.63) is 23.8 Å². The fourth-order valence-electron chi connectivity index (χ4n) is 7.25. The number of ketones is 1. The topological polar surface area (TPSA) is 80.7 Å². The molecule has 2 unspecified atom stereocenters. The third kappa shape index (κ3) is 3.58. The van der Waals surface area contributed by atoms with Crippen molar-refractivity contribution in [2.24, 2.45) is 28.6 Å². The molecule has 1 N–H and O–H groups in total. The van der Waals surface area contributed by atoms with Crippen LogP contribution < -0.4 is 0 Å². The molecule has 0 heterocycles. The summed E-state index contributed by atoms with van der Waals surface area (Å²) in [4.78, 5) is 38.2. The number of hydrogen-bond acceptors (Lipinski definition) is 6. The predicted molar refractivity (Wildman–Crippen MR) is 125 cm³/mol. The summed E-state index contributed by atoms with van der Waals surface area (Å²) < 4.78 is 51.7. The fraction of sp³-hybridized carbons (Fsp3) is 0.731. The van der Waals surface area contributed by atoms with Gasteiger partial charge < -0.3 is 9.84 Å². The smallest absolute Gasteiger partial charge is 0.312 e. The Balaban J connectivity index is 1.76. The molecule has 9 atom stereocenters. The van der Waals surface area contributed by atoms with E-state index in [-0.39, 0.29) is 37.0 Å². The Morgan fingerprint density at radius 3 is 2.54 bits per heavy atom. The van der Waals surface area contributed by atoms with Crippen molar-refractivity contribution < 1.29 is 37.4 Å². The molecule has 0 aromatic heterocycles. The SMILES string of the molecule is CC(O)C(C)C(=O)O[C@]1(C(=O)SCF)CC[C@H]2[C@@H]3C[C@H](F)C4=CC(=O)C=C[C@]4(C)[C@@]3(F)CC[C@@]21C. The number of alkyl halides is 3. The minimum atomic E-state index is -1.86. The summed E-state index contributed by atoms with van der Waals surface area (Å²) in [7, 11) is 0. The van der Waals surface area contributed by atoms with Gasteiger partial charge in [-0.2, -0.15) is 0 Å². The van der Waals surface area contributed by atoms with Crippen LogP contribution in [0.3, 0.4) is 0 Å². The molecule has 0 aliphatic heterocycles. The number of esters is 1. The van der Waals surface area contributed by atoms with Crippen LogP contribution in [-0.2, 0) is 19.1 Å². The third-order valence-electron chi connectivity index (χ3n) is 9.66. The van der Waals surface area contributed by atoms with Crippen LogP contribution in [0.25, 0.3) is 0 Å². The normalized spacial score (nSPS) is 43.9. The Hall–Kier alpha value is -1.61. The zero-order valence-electron chi connectivity index (χ0n) is 20.5. The number of aliphatic hydroxyl groups is 1. The van der Waals surface area contributed by atoms with Crippen molar-refractivity contribution in [2.75, 3.05) is 6.01 Å². The quantitative estimate of drug-likeness (QED) is 0.530. The monoisotopic (exact) mass is 514 g/mol. The van der Waals surface area contributed by atoms with Crippen molar-refractivity contribution in [3.8, 4) is 0 Å². The minimum absolute atomic E-state index is 0.0252. The van der Waals surface area contributed by atoms with Gasteiger partial charge in [0, 0.05) is 16.7 Å². The number of carbonyl (C=O) groups excluding carboxylic acids is 3. The van der Waals surface area contributed by atoms with E-state index in [1.165, 1.54) is 32.1 Å². The zero-order chi connectivity index (χ0) is 26.0. The maximum absolute atomic E-state index is 17.1. The third-order valence-corrected chi connectivity index (χ3v) is 10.4. The van der Waals surface area contributed by atoms with Crippen LogP contribution in [-0.4, -0.2) is 51.5 Å². The summed E-state index contributed by atoms with van der Waals surface area (Å²) in [6, 6.07) is -1.00. The summed E-state index contributed by atoms with van der Waals surface area (Å²) in [5.74, 6) is -3.33. The van der Waals surface area contributed by atoms with Crippen LogP contribution in [0.15, 0.2) is 23.8 Å². The maximum atomic E-state index is 17.1. The average molecular weight is 515 g/mol. The standard InChI is InChI=1S/C26H33F3O5S/c1-14(15(2)30)21(32)34-26(22(33)35-13-27)8-6-17-18-12-20(28)19-11-16(31)5-7-23(19,3)25(18,29)10-9-24(17,26)4/h5,7,11,14-15,17-18,20,30H,6,8-10,12-13H2,1-4H3/t14?,15?,17-,18-,20-,23-,24-,25+,26-/m0/s1. The highest BCUT2D eigenvalue weighted by Crippen LogP contribution is 2.71. The maximum Gasteiger partial charge on any atom is 0.312 e. The lowest BCUT2D eigenvalue weighted by Gasteiger charge is -2.61. The molecule has 9 heteroatoms. The van der Waals surface area contributed by atoms with Crippen LogP contribution in [0.5, 0.6) is 0 Å². The van der Waals surface area contributed by atoms with E-state index >= 15 is 8.78 Å². The Bertz CT molecular complexity index is 997. The first kappa shape index (κ1) is 26.5. The van der Waals surface area contributed by atoms with Gasteiger partial charge in [0.2, 0.25) is 5.12 Å². The van der Waals surface area contributed by atoms with Crippen LogP contribution in [0.2, 0.25) is 0 Å². The summed E-state index contributed by atoms with van der Waals surface area (Å²) in [5, 5.41) is 9.25. The molecule has 0 aromatic rings. The highest BCUT2D eigenvalue weighted by molar-refractivity contribution is 8.13. The van der Waals surface area contributed by atoms with E-state index < -0.39 is 69.2 Å². The van der Waals surface area contributed by atoms with E-state index in [1.54, 1.807) is 13.8 Å². The van der Waals surface area contributed by atoms with Crippen LogP contribution in [0.1, 0.15) is 59.8 Å². The first-order chi connectivity index (χ1) is 16.3. The second kappa shape index (κ2) is 8.75. The summed E-state index contributed by atoms with van der Waals surface area (Å²) in [6.07, 6.45) is 1.82. The molecule has 0 bridgehead atoms. The molecule has 5 nitrogen and oxygen atoms in total. The van der Waals surface area contributed by atoms with Crippen molar-refractivity contribution in [2.45, 2.75) is 83.3 Å². The predicted octanol–water partition coefficient (Wildman–Crippen LogP) is 4.82. The second-order valence-electron chi connectivity index (χ2n) is 11.1. The van der Waals surface area contributed by atoms with Gasteiger partial charge in [0.15, 0.2) is 11.4 Å². The van der Waals surface area contributed by atoms with E-state index in [2.05, 4.69) is 0 Å². The van der Waals surface area contributed by atoms with Gasteiger partial charge in [-0.15, -0.1) is 0 Å². The van der Waals surface area contributed by atoms with Gasteiger partial charge in [-0.1, -0.05) is 13.0 Å². The number of rotatable bonds is 5. The second-order valence-corrected chi connectivity index (χ2v) is 12.0. The molecule has 0 aromatic carbocycles. The zero-order valence-corrected chi connectivity index (χ0v) is 21.3. The van der Waals surface area contributed by atoms with Crippen molar-refractivity contribution in [1.82, 2.24) is 0 Å². The molecule has 0 radical (unpaired) electrons. The number of carbonyl (C=O) groups is 3. The number of thioether (sulfide) groups is 1. The van der Waals surface area contributed by atoms with Crippen LogP contribution >= 0.6 is 11.8 Å². The number of ether oxygens (including phenoxy) is 1. The van der Waals surface area contributed by atoms with Crippen molar-refractivity contribution in [1.29, 1.82) is 0 Å². The Kier molecular flexibility index (Phi) is 6.61. The largest absolute Gasteiger partial charge is 0.449 e. The molecule has 3 saturated carbocycles. The van der Waals surface area contributed by atoms with Crippen molar-refractivity contribution in [3.63, 3.8) is 0 Å². The summed E-state index contributed by atoms with van der Waals surface area (Å²) in [6.45, 7) is 6.31. The fourth-order valence-corrected chi connectivity index (χ4v) is 7.96. The highest BCUT2D eigenvalue weighted by Gasteiger charge is 2.74. The molecular formula is C26H33F3O5S. The highest BCUT2D eigenvalue weighted by atomic mass is 32.2. The van der Waals surface area contributed by atoms with Gasteiger partial charge >= 0.3 is 5.97 Å².